The Balaban J connectivity index is 1.87. The van der Waals surface area contributed by atoms with Crippen LogP contribution in [0.4, 0.5) is 4.39 Å². The normalized spacial score (nSPS) is 10.9. The molecule has 0 amide bonds. The number of halogens is 2. The van der Waals surface area contributed by atoms with Gasteiger partial charge in [0.2, 0.25) is 5.75 Å². The highest BCUT2D eigenvalue weighted by Gasteiger charge is 2.16. The lowest BCUT2D eigenvalue weighted by Crippen LogP contribution is -1.99. The molecule has 2 aromatic heterocycles. The second kappa shape index (κ2) is 7.60. The first-order valence-corrected chi connectivity index (χ1v) is 9.04. The Bertz CT molecular complexity index is 1180. The molecule has 0 atom stereocenters. The molecule has 4 rings (SSSR count). The van der Waals surface area contributed by atoms with Gasteiger partial charge in [-0.1, -0.05) is 11.6 Å². The van der Waals surface area contributed by atoms with Gasteiger partial charge >= 0.3 is 0 Å². The summed E-state index contributed by atoms with van der Waals surface area (Å²) < 4.78 is 31.5. The van der Waals surface area contributed by atoms with Crippen molar-refractivity contribution >= 4 is 17.2 Å². The molecule has 0 N–H and O–H groups in total. The van der Waals surface area contributed by atoms with Crippen molar-refractivity contribution in [2.45, 2.75) is 0 Å². The van der Waals surface area contributed by atoms with Gasteiger partial charge in [0, 0.05) is 11.1 Å². The molecule has 6 nitrogen and oxygen atoms in total. The van der Waals surface area contributed by atoms with Gasteiger partial charge in [-0.05, 0) is 42.5 Å². The number of benzene rings is 2. The molecule has 0 bridgehead atoms. The molecule has 0 fully saturated rings. The first kappa shape index (κ1) is 19.0. The number of imidazole rings is 1. The number of ether oxygens (including phenoxy) is 3. The van der Waals surface area contributed by atoms with E-state index in [9.17, 15) is 4.39 Å². The van der Waals surface area contributed by atoms with Crippen molar-refractivity contribution in [2.75, 3.05) is 21.3 Å². The first-order chi connectivity index (χ1) is 14.0. The molecule has 2 aromatic carbocycles. The summed E-state index contributed by atoms with van der Waals surface area (Å²) in [4.78, 5) is 4.37. The zero-order valence-corrected chi connectivity index (χ0v) is 16.7. The van der Waals surface area contributed by atoms with Gasteiger partial charge in [-0.15, -0.1) is 0 Å². The standard InChI is InChI=1S/C21H17ClFN3O3/c1-27-18-9-13(10-19(28-2)21(18)29-3)16-6-7-20-24-11-17(26(20)25-16)12-4-5-15(23)14(22)8-12/h4-11H,1-3H3. The average molecular weight is 414 g/mol. The maximum atomic E-state index is 13.5. The van der Waals surface area contributed by atoms with E-state index in [1.54, 1.807) is 44.2 Å². The smallest absolute Gasteiger partial charge is 0.203 e. The molecule has 0 saturated heterocycles. The van der Waals surface area contributed by atoms with Gasteiger partial charge < -0.3 is 14.2 Å². The Morgan fingerprint density at radius 2 is 1.62 bits per heavy atom. The molecule has 148 valence electrons. The van der Waals surface area contributed by atoms with E-state index in [4.69, 9.17) is 30.9 Å². The lowest BCUT2D eigenvalue weighted by Gasteiger charge is -2.14. The Labute approximate surface area is 171 Å². The Morgan fingerprint density at radius 3 is 2.24 bits per heavy atom. The van der Waals surface area contributed by atoms with E-state index in [1.807, 2.05) is 24.3 Å². The number of methoxy groups -OCH3 is 3. The number of nitrogens with zero attached hydrogens (tertiary/aromatic N) is 3. The molecule has 0 unspecified atom stereocenters. The minimum absolute atomic E-state index is 0.0400. The highest BCUT2D eigenvalue weighted by molar-refractivity contribution is 6.31. The number of hydrogen-bond donors (Lipinski definition) is 0. The lowest BCUT2D eigenvalue weighted by atomic mass is 10.1. The third-order valence-electron chi connectivity index (χ3n) is 4.54. The van der Waals surface area contributed by atoms with E-state index in [-0.39, 0.29) is 5.02 Å². The van der Waals surface area contributed by atoms with Crippen LogP contribution in [-0.4, -0.2) is 35.9 Å². The number of rotatable bonds is 5. The van der Waals surface area contributed by atoms with Gasteiger partial charge in [0.1, 0.15) is 5.82 Å². The van der Waals surface area contributed by atoms with Crippen LogP contribution >= 0.6 is 11.6 Å². The van der Waals surface area contributed by atoms with Crippen LogP contribution < -0.4 is 14.2 Å². The summed E-state index contributed by atoms with van der Waals surface area (Å²) in [7, 11) is 4.67. The van der Waals surface area contributed by atoms with Crippen LogP contribution in [0.5, 0.6) is 17.2 Å². The zero-order chi connectivity index (χ0) is 20.5. The fraction of sp³-hybridized carbons (Fsp3) is 0.143. The molecule has 0 radical (unpaired) electrons. The summed E-state index contributed by atoms with van der Waals surface area (Å²) >= 11 is 5.94. The molecule has 29 heavy (non-hydrogen) atoms. The second-order valence-corrected chi connectivity index (χ2v) is 6.58. The highest BCUT2D eigenvalue weighted by Crippen LogP contribution is 2.40. The van der Waals surface area contributed by atoms with Gasteiger partial charge in [-0.3, -0.25) is 0 Å². The van der Waals surface area contributed by atoms with Gasteiger partial charge in [-0.25, -0.2) is 13.9 Å². The summed E-state index contributed by atoms with van der Waals surface area (Å²) in [5.41, 5.74) is 3.49. The predicted octanol–water partition coefficient (Wildman–Crippen LogP) is 4.88. The Morgan fingerprint density at radius 1 is 0.897 bits per heavy atom. The van der Waals surface area contributed by atoms with Crippen LogP contribution in [0.3, 0.4) is 0 Å². The van der Waals surface area contributed by atoms with Crippen LogP contribution in [0.15, 0.2) is 48.7 Å². The van der Waals surface area contributed by atoms with Crippen molar-refractivity contribution in [3.63, 3.8) is 0 Å². The van der Waals surface area contributed by atoms with Crippen molar-refractivity contribution in [3.8, 4) is 39.8 Å². The van der Waals surface area contributed by atoms with E-state index in [0.29, 0.717) is 39.8 Å². The molecular weight excluding hydrogens is 397 g/mol. The van der Waals surface area contributed by atoms with E-state index in [1.165, 1.54) is 6.07 Å². The Hall–Kier alpha value is -3.32. The van der Waals surface area contributed by atoms with Crippen LogP contribution in [0.2, 0.25) is 5.02 Å². The summed E-state index contributed by atoms with van der Waals surface area (Å²) in [5.74, 6) is 1.08. The molecule has 0 saturated carbocycles. The van der Waals surface area contributed by atoms with Crippen LogP contribution in [0, 0.1) is 5.82 Å². The minimum Gasteiger partial charge on any atom is -0.493 e. The topological polar surface area (TPSA) is 57.9 Å². The van der Waals surface area contributed by atoms with E-state index in [0.717, 1.165) is 5.56 Å². The predicted molar refractivity (Wildman–Crippen MR) is 108 cm³/mol. The summed E-state index contributed by atoms with van der Waals surface area (Å²) in [6.07, 6.45) is 1.67. The average Bonchev–Trinajstić information content (AvgIpc) is 3.17. The molecule has 0 aliphatic carbocycles. The number of hydrogen-bond acceptors (Lipinski definition) is 5. The molecule has 0 aliphatic rings. The van der Waals surface area contributed by atoms with Crippen molar-refractivity contribution in [1.82, 2.24) is 14.6 Å². The monoisotopic (exact) mass is 413 g/mol. The van der Waals surface area contributed by atoms with Crippen molar-refractivity contribution in [1.29, 1.82) is 0 Å². The highest BCUT2D eigenvalue weighted by atomic mass is 35.5. The molecule has 0 spiro atoms. The molecule has 2 heterocycles. The van der Waals surface area contributed by atoms with Crippen LogP contribution in [0.1, 0.15) is 0 Å². The van der Waals surface area contributed by atoms with E-state index in [2.05, 4.69) is 4.98 Å². The summed E-state index contributed by atoms with van der Waals surface area (Å²) in [6, 6.07) is 11.8. The molecular formula is C21H17ClFN3O3. The van der Waals surface area contributed by atoms with Crippen molar-refractivity contribution in [2.24, 2.45) is 0 Å². The van der Waals surface area contributed by atoms with Crippen molar-refractivity contribution in [3.05, 3.63) is 59.5 Å². The third-order valence-corrected chi connectivity index (χ3v) is 4.83. The number of fused-ring (bicyclic) bond motifs is 1. The largest absolute Gasteiger partial charge is 0.493 e. The van der Waals surface area contributed by atoms with Gasteiger partial charge in [0.15, 0.2) is 17.1 Å². The van der Waals surface area contributed by atoms with E-state index < -0.39 is 5.82 Å². The van der Waals surface area contributed by atoms with E-state index >= 15 is 0 Å². The molecule has 8 heteroatoms. The minimum atomic E-state index is -0.477. The van der Waals surface area contributed by atoms with Crippen LogP contribution in [0.25, 0.3) is 28.2 Å². The quantitative estimate of drug-likeness (QED) is 0.466. The van der Waals surface area contributed by atoms with Crippen molar-refractivity contribution < 1.29 is 18.6 Å². The summed E-state index contributed by atoms with van der Waals surface area (Å²) in [5, 5.41) is 4.75. The molecule has 0 aliphatic heterocycles. The summed E-state index contributed by atoms with van der Waals surface area (Å²) in [6.45, 7) is 0. The second-order valence-electron chi connectivity index (χ2n) is 6.17. The first-order valence-electron chi connectivity index (χ1n) is 8.66. The lowest BCUT2D eigenvalue weighted by molar-refractivity contribution is 0.324. The van der Waals surface area contributed by atoms with Gasteiger partial charge in [0.25, 0.3) is 0 Å². The van der Waals surface area contributed by atoms with Crippen LogP contribution in [-0.2, 0) is 0 Å². The third kappa shape index (κ3) is 3.34. The van der Waals surface area contributed by atoms with Gasteiger partial charge in [-0.2, -0.15) is 5.10 Å². The number of aromatic nitrogens is 3. The SMILES string of the molecule is COc1cc(-c2ccc3ncc(-c4ccc(F)c(Cl)c4)n3n2)cc(OC)c1OC. The zero-order valence-electron chi connectivity index (χ0n) is 15.9. The Kier molecular flexibility index (Phi) is 4.98. The van der Waals surface area contributed by atoms with Gasteiger partial charge in [0.05, 0.1) is 43.9 Å². The maximum absolute atomic E-state index is 13.5. The molecule has 4 aromatic rings. The fourth-order valence-electron chi connectivity index (χ4n) is 3.11. The fourth-order valence-corrected chi connectivity index (χ4v) is 3.29. The maximum Gasteiger partial charge on any atom is 0.203 e.